The average Bonchev–Trinajstić information content (AvgIpc) is 3.13. The first kappa shape index (κ1) is 32.5. The largest absolute Gasteiger partial charge is 0.492 e. The Bertz CT molecular complexity index is 1350. The Balaban J connectivity index is 1.53. The second kappa shape index (κ2) is 15.3. The summed E-state index contributed by atoms with van der Waals surface area (Å²) in [6.45, 7) is 6.32. The van der Waals surface area contributed by atoms with Crippen LogP contribution in [0.15, 0.2) is 41.5 Å². The van der Waals surface area contributed by atoms with Gasteiger partial charge in [0.2, 0.25) is 5.91 Å². The van der Waals surface area contributed by atoms with Gasteiger partial charge in [-0.25, -0.2) is 0 Å². The number of ether oxygens (including phenoxy) is 1. The Kier molecular flexibility index (Phi) is 11.6. The van der Waals surface area contributed by atoms with E-state index in [0.717, 1.165) is 66.8 Å². The fourth-order valence-corrected chi connectivity index (χ4v) is 5.93. The number of nitrogens with one attached hydrogen (secondary N) is 4. The van der Waals surface area contributed by atoms with Crippen LogP contribution in [0.4, 0.5) is 22.7 Å². The third kappa shape index (κ3) is 8.56. The number of fused-ring (bicyclic) bond motifs is 1. The molecule has 0 aromatic heterocycles. The zero-order valence-corrected chi connectivity index (χ0v) is 26.5. The molecule has 9 nitrogen and oxygen atoms in total. The summed E-state index contributed by atoms with van der Waals surface area (Å²) in [6, 6.07) is 11.7. The topological polar surface area (TPSA) is 122 Å². The van der Waals surface area contributed by atoms with Gasteiger partial charge in [0, 0.05) is 42.5 Å². The van der Waals surface area contributed by atoms with Crippen molar-refractivity contribution in [3.8, 4) is 11.8 Å². The molecular weight excluding hydrogens is 564 g/mol. The van der Waals surface area contributed by atoms with Crippen molar-refractivity contribution in [1.82, 2.24) is 4.90 Å². The van der Waals surface area contributed by atoms with Crippen molar-refractivity contribution in [1.29, 1.82) is 5.26 Å². The highest BCUT2D eigenvalue weighted by Crippen LogP contribution is 2.42. The lowest BCUT2D eigenvalue weighted by Gasteiger charge is -2.33. The Morgan fingerprint density at radius 1 is 1.23 bits per heavy atom. The summed E-state index contributed by atoms with van der Waals surface area (Å²) in [5, 5.41) is 34.3. The fraction of sp³-hybridized carbons (Fsp3) is 0.515. The van der Waals surface area contributed by atoms with Gasteiger partial charge in [0.05, 0.1) is 47.1 Å². The van der Waals surface area contributed by atoms with E-state index in [0.29, 0.717) is 42.6 Å². The van der Waals surface area contributed by atoms with Gasteiger partial charge in [0.25, 0.3) is 0 Å². The molecule has 1 heterocycles. The van der Waals surface area contributed by atoms with E-state index >= 15 is 0 Å². The molecular formula is C33H45ClN6O3. The number of halogens is 1. The van der Waals surface area contributed by atoms with Crippen molar-refractivity contribution >= 4 is 40.3 Å². The molecule has 4 rings (SSSR count). The normalized spacial score (nSPS) is 20.0. The highest BCUT2D eigenvalue weighted by molar-refractivity contribution is 6.33. The molecule has 0 saturated heterocycles. The molecule has 0 bridgehead atoms. The van der Waals surface area contributed by atoms with E-state index in [2.05, 4.69) is 32.2 Å². The maximum atomic E-state index is 12.8. The molecule has 2 aromatic carbocycles. The Labute approximate surface area is 260 Å². The van der Waals surface area contributed by atoms with Crippen LogP contribution in [0.3, 0.4) is 0 Å². The van der Waals surface area contributed by atoms with Gasteiger partial charge >= 0.3 is 0 Å². The molecule has 2 aromatic rings. The number of amides is 1. The van der Waals surface area contributed by atoms with Crippen LogP contribution < -0.4 is 26.0 Å². The number of aliphatic hydroxyl groups is 1. The van der Waals surface area contributed by atoms with Gasteiger partial charge in [-0.1, -0.05) is 18.0 Å². The molecule has 43 heavy (non-hydrogen) atoms. The monoisotopic (exact) mass is 608 g/mol. The minimum absolute atomic E-state index is 0.0768. The van der Waals surface area contributed by atoms with Crippen molar-refractivity contribution in [2.24, 2.45) is 5.92 Å². The third-order valence-corrected chi connectivity index (χ3v) is 8.51. The molecule has 3 atom stereocenters. The molecule has 3 unspecified atom stereocenters. The molecule has 232 valence electrons. The first-order valence-corrected chi connectivity index (χ1v) is 15.6. The minimum atomic E-state index is -0.371. The van der Waals surface area contributed by atoms with Crippen LogP contribution in [0.1, 0.15) is 64.0 Å². The van der Waals surface area contributed by atoms with Crippen LogP contribution in [-0.2, 0) is 4.79 Å². The predicted molar refractivity (Wildman–Crippen MR) is 175 cm³/mol. The van der Waals surface area contributed by atoms with Gasteiger partial charge in [-0.05, 0) is 95.6 Å². The Morgan fingerprint density at radius 3 is 2.77 bits per heavy atom. The Hall–Kier alpha value is -3.45. The van der Waals surface area contributed by atoms with Gasteiger partial charge in [0.1, 0.15) is 5.75 Å². The summed E-state index contributed by atoms with van der Waals surface area (Å²) in [5.74, 6) is 0.156. The number of hydrogen-bond donors (Lipinski definition) is 5. The summed E-state index contributed by atoms with van der Waals surface area (Å²) in [4.78, 5) is 14.8. The molecule has 0 saturated carbocycles. The lowest BCUT2D eigenvalue weighted by Crippen LogP contribution is -2.31. The van der Waals surface area contributed by atoms with Crippen LogP contribution in [0.5, 0.6) is 5.75 Å². The highest BCUT2D eigenvalue weighted by Gasteiger charge is 2.31. The van der Waals surface area contributed by atoms with E-state index in [1.165, 1.54) is 5.57 Å². The number of hydrogen-bond acceptors (Lipinski definition) is 8. The van der Waals surface area contributed by atoms with Crippen LogP contribution in [0.2, 0.25) is 5.02 Å². The maximum absolute atomic E-state index is 12.8. The number of carbonyl (C=O) groups is 1. The SMILES string of the molecule is CCOc1cc2c(cc1NC(=O)CCCN(C)C)C(Nc1ccc(NCC3=C(C)C(O)CCCC3)c(Cl)c1)C(C#N)CN2. The fourth-order valence-electron chi connectivity index (χ4n) is 5.68. The van der Waals surface area contributed by atoms with Crippen molar-refractivity contribution in [2.75, 3.05) is 61.6 Å². The summed E-state index contributed by atoms with van der Waals surface area (Å²) in [6.07, 6.45) is 4.68. The lowest BCUT2D eigenvalue weighted by atomic mass is 9.88. The van der Waals surface area contributed by atoms with Crippen molar-refractivity contribution in [3.05, 3.63) is 52.1 Å². The summed E-state index contributed by atoms with van der Waals surface area (Å²) in [5.41, 5.74) is 6.22. The second-order valence-corrected chi connectivity index (χ2v) is 12.1. The standard InChI is InChI=1S/C33H45ClN6O3/c1-5-43-31-17-28-25(16-29(31)39-32(42)11-8-14-40(3)4)33(23(18-35)20-37-28)38-24-12-13-27(26(34)15-24)36-19-22-9-6-7-10-30(41)21(22)2/h12-13,15-17,23,30,33,36-38,41H,5-11,14,19-20H2,1-4H3,(H,39,42). The Morgan fingerprint density at radius 2 is 2.05 bits per heavy atom. The quantitative estimate of drug-likeness (QED) is 0.176. The lowest BCUT2D eigenvalue weighted by molar-refractivity contribution is -0.116. The van der Waals surface area contributed by atoms with E-state index in [-0.39, 0.29) is 24.0 Å². The molecule has 2 aliphatic rings. The maximum Gasteiger partial charge on any atom is 0.224 e. The van der Waals surface area contributed by atoms with E-state index in [9.17, 15) is 15.2 Å². The van der Waals surface area contributed by atoms with Crippen molar-refractivity contribution in [2.45, 2.75) is 64.5 Å². The van der Waals surface area contributed by atoms with Gasteiger partial charge < -0.3 is 36.0 Å². The molecule has 5 N–H and O–H groups in total. The predicted octanol–water partition coefficient (Wildman–Crippen LogP) is 6.40. The molecule has 1 aliphatic heterocycles. The van der Waals surface area contributed by atoms with Crippen molar-refractivity contribution in [3.63, 3.8) is 0 Å². The molecule has 10 heteroatoms. The first-order chi connectivity index (χ1) is 20.7. The number of aliphatic hydroxyl groups excluding tert-OH is 1. The van der Waals surface area contributed by atoms with Gasteiger partial charge in [0.15, 0.2) is 0 Å². The van der Waals surface area contributed by atoms with Gasteiger partial charge in [-0.2, -0.15) is 5.26 Å². The number of carbonyl (C=O) groups excluding carboxylic acids is 1. The van der Waals surface area contributed by atoms with Gasteiger partial charge in [-0.15, -0.1) is 0 Å². The molecule has 0 radical (unpaired) electrons. The number of rotatable bonds is 12. The summed E-state index contributed by atoms with van der Waals surface area (Å²) < 4.78 is 5.88. The third-order valence-electron chi connectivity index (χ3n) is 8.20. The number of anilines is 4. The van der Waals surface area contributed by atoms with Crippen LogP contribution in [-0.4, -0.2) is 62.4 Å². The van der Waals surface area contributed by atoms with E-state index in [1.807, 2.05) is 58.3 Å². The minimum Gasteiger partial charge on any atom is -0.492 e. The number of nitriles is 1. The van der Waals surface area contributed by atoms with Crippen LogP contribution in [0.25, 0.3) is 0 Å². The summed E-state index contributed by atoms with van der Waals surface area (Å²) in [7, 11) is 3.97. The zero-order valence-electron chi connectivity index (χ0n) is 25.7. The first-order valence-electron chi connectivity index (χ1n) is 15.3. The van der Waals surface area contributed by atoms with Gasteiger partial charge in [-0.3, -0.25) is 4.79 Å². The second-order valence-electron chi connectivity index (χ2n) is 11.7. The number of benzene rings is 2. The molecule has 0 fully saturated rings. The average molecular weight is 609 g/mol. The van der Waals surface area contributed by atoms with Crippen molar-refractivity contribution < 1.29 is 14.6 Å². The summed E-state index contributed by atoms with van der Waals surface area (Å²) >= 11 is 6.72. The molecule has 0 spiro atoms. The highest BCUT2D eigenvalue weighted by atomic mass is 35.5. The number of nitrogens with zero attached hydrogens (tertiary/aromatic N) is 2. The van der Waals surface area contributed by atoms with Crippen LogP contribution in [0, 0.1) is 17.2 Å². The molecule has 1 amide bonds. The van der Waals surface area contributed by atoms with E-state index < -0.39 is 0 Å². The smallest absolute Gasteiger partial charge is 0.224 e. The van der Waals surface area contributed by atoms with Crippen LogP contribution >= 0.6 is 11.6 Å². The molecule has 1 aliphatic carbocycles. The van der Waals surface area contributed by atoms with E-state index in [1.54, 1.807) is 0 Å². The zero-order chi connectivity index (χ0) is 30.9. The van der Waals surface area contributed by atoms with E-state index in [4.69, 9.17) is 16.3 Å².